The van der Waals surface area contributed by atoms with E-state index >= 15 is 0 Å². The largest absolute Gasteiger partial charge is 0.471 e. The molecule has 0 aliphatic carbocycles. The van der Waals surface area contributed by atoms with Gasteiger partial charge in [-0.05, 0) is 20.3 Å². The highest BCUT2D eigenvalue weighted by Crippen LogP contribution is 2.38. The third-order valence-corrected chi connectivity index (χ3v) is 2.52. The molecular formula is C8H19O6P. The van der Waals surface area contributed by atoms with E-state index in [1.807, 2.05) is 13.8 Å². The molecule has 0 rings (SSSR count). The number of hydrogen-bond donors (Lipinski definition) is 2. The standard InChI is InChI=1S/C8H19O6P/c1-5-8(6(2)12-4)13-7(3)14-15(9,10)11/h6-8H,5H2,1-4H3,(H2,9,10,11). The average Bonchev–Trinajstić information content (AvgIpc) is 2.10. The van der Waals surface area contributed by atoms with Crippen LogP contribution in [-0.4, -0.2) is 35.4 Å². The van der Waals surface area contributed by atoms with Crippen LogP contribution in [-0.2, 0) is 18.6 Å². The van der Waals surface area contributed by atoms with Crippen LogP contribution in [0, 0.1) is 0 Å². The van der Waals surface area contributed by atoms with Crippen LogP contribution in [0.4, 0.5) is 0 Å². The summed E-state index contributed by atoms with van der Waals surface area (Å²) in [5.41, 5.74) is 0. The molecule has 3 atom stereocenters. The second kappa shape index (κ2) is 6.58. The van der Waals surface area contributed by atoms with Crippen LogP contribution in [0.15, 0.2) is 0 Å². The fourth-order valence-corrected chi connectivity index (χ4v) is 1.59. The molecule has 3 unspecified atom stereocenters. The van der Waals surface area contributed by atoms with Gasteiger partial charge in [0.2, 0.25) is 0 Å². The molecule has 0 aliphatic heterocycles. The Hall–Kier alpha value is 0.0300. The summed E-state index contributed by atoms with van der Waals surface area (Å²) in [5.74, 6) is 0. The minimum absolute atomic E-state index is 0.155. The Kier molecular flexibility index (Phi) is 6.59. The highest BCUT2D eigenvalue weighted by Gasteiger charge is 2.24. The third kappa shape index (κ3) is 7.00. The Morgan fingerprint density at radius 1 is 1.33 bits per heavy atom. The Morgan fingerprint density at radius 3 is 2.20 bits per heavy atom. The highest BCUT2D eigenvalue weighted by atomic mass is 31.2. The van der Waals surface area contributed by atoms with Crippen molar-refractivity contribution in [3.05, 3.63) is 0 Å². The number of rotatable bonds is 7. The van der Waals surface area contributed by atoms with Crippen molar-refractivity contribution in [1.29, 1.82) is 0 Å². The molecule has 0 spiro atoms. The minimum Gasteiger partial charge on any atom is -0.379 e. The normalized spacial score (nSPS) is 18.5. The molecule has 7 heteroatoms. The molecule has 0 saturated carbocycles. The van der Waals surface area contributed by atoms with Crippen LogP contribution in [0.2, 0.25) is 0 Å². The maximum Gasteiger partial charge on any atom is 0.471 e. The Bertz CT molecular complexity index is 215. The monoisotopic (exact) mass is 242 g/mol. The maximum absolute atomic E-state index is 10.5. The van der Waals surface area contributed by atoms with Crippen LogP contribution in [0.1, 0.15) is 27.2 Å². The lowest BCUT2D eigenvalue weighted by Crippen LogP contribution is -2.31. The molecule has 0 aromatic heterocycles. The summed E-state index contributed by atoms with van der Waals surface area (Å²) in [6, 6.07) is 0. The SMILES string of the molecule is CCC(OC(C)OP(=O)(O)O)C(C)OC. The Labute approximate surface area is 89.8 Å². The van der Waals surface area contributed by atoms with Crippen LogP contribution < -0.4 is 0 Å². The lowest BCUT2D eigenvalue weighted by Gasteiger charge is -2.25. The van der Waals surface area contributed by atoms with Crippen molar-refractivity contribution in [1.82, 2.24) is 0 Å². The van der Waals surface area contributed by atoms with E-state index in [-0.39, 0.29) is 12.2 Å². The number of hydrogen-bond acceptors (Lipinski definition) is 4. The van der Waals surface area contributed by atoms with Gasteiger partial charge in [-0.15, -0.1) is 0 Å². The van der Waals surface area contributed by atoms with E-state index in [1.54, 1.807) is 7.11 Å². The van der Waals surface area contributed by atoms with Crippen molar-refractivity contribution < 1.29 is 28.3 Å². The van der Waals surface area contributed by atoms with Gasteiger partial charge in [-0.25, -0.2) is 4.57 Å². The van der Waals surface area contributed by atoms with Gasteiger partial charge in [0.05, 0.1) is 12.2 Å². The quantitative estimate of drug-likeness (QED) is 0.516. The second-order valence-corrected chi connectivity index (χ2v) is 4.38. The molecule has 0 heterocycles. The van der Waals surface area contributed by atoms with Gasteiger partial charge in [0.1, 0.15) is 0 Å². The molecule has 0 amide bonds. The maximum atomic E-state index is 10.5. The van der Waals surface area contributed by atoms with Gasteiger partial charge in [-0.3, -0.25) is 4.52 Å². The van der Waals surface area contributed by atoms with Crippen molar-refractivity contribution in [2.75, 3.05) is 7.11 Å². The Morgan fingerprint density at radius 2 is 1.87 bits per heavy atom. The fraction of sp³-hybridized carbons (Fsp3) is 1.00. The van der Waals surface area contributed by atoms with E-state index in [1.165, 1.54) is 6.92 Å². The molecule has 0 aliphatic rings. The van der Waals surface area contributed by atoms with E-state index in [9.17, 15) is 4.57 Å². The molecule has 0 saturated heterocycles. The van der Waals surface area contributed by atoms with Gasteiger partial charge in [-0.2, -0.15) is 0 Å². The van der Waals surface area contributed by atoms with Crippen molar-refractivity contribution in [3.8, 4) is 0 Å². The van der Waals surface area contributed by atoms with Crippen molar-refractivity contribution >= 4 is 7.82 Å². The van der Waals surface area contributed by atoms with E-state index in [0.29, 0.717) is 6.42 Å². The van der Waals surface area contributed by atoms with Crippen molar-refractivity contribution in [3.63, 3.8) is 0 Å². The van der Waals surface area contributed by atoms with E-state index in [2.05, 4.69) is 4.52 Å². The highest BCUT2D eigenvalue weighted by molar-refractivity contribution is 7.46. The lowest BCUT2D eigenvalue weighted by atomic mass is 10.2. The summed E-state index contributed by atoms with van der Waals surface area (Å²) in [5, 5.41) is 0. The molecule has 15 heavy (non-hydrogen) atoms. The molecule has 92 valence electrons. The van der Waals surface area contributed by atoms with Crippen molar-refractivity contribution in [2.24, 2.45) is 0 Å². The predicted octanol–water partition coefficient (Wildman–Crippen LogP) is 1.27. The van der Waals surface area contributed by atoms with Crippen LogP contribution in [0.5, 0.6) is 0 Å². The summed E-state index contributed by atoms with van der Waals surface area (Å²) in [6.07, 6.45) is -0.702. The number of phosphoric ester groups is 1. The average molecular weight is 242 g/mol. The molecular weight excluding hydrogens is 223 g/mol. The first-order valence-electron chi connectivity index (χ1n) is 4.72. The van der Waals surface area contributed by atoms with Crippen LogP contribution in [0.25, 0.3) is 0 Å². The van der Waals surface area contributed by atoms with Gasteiger partial charge in [-0.1, -0.05) is 6.92 Å². The van der Waals surface area contributed by atoms with E-state index in [0.717, 1.165) is 0 Å². The second-order valence-electron chi connectivity index (χ2n) is 3.19. The zero-order chi connectivity index (χ0) is 12.1. The van der Waals surface area contributed by atoms with Crippen LogP contribution >= 0.6 is 7.82 Å². The number of ether oxygens (including phenoxy) is 2. The van der Waals surface area contributed by atoms with Gasteiger partial charge in [0.25, 0.3) is 0 Å². The summed E-state index contributed by atoms with van der Waals surface area (Å²) in [7, 11) is -2.95. The van der Waals surface area contributed by atoms with Crippen LogP contribution in [0.3, 0.4) is 0 Å². The molecule has 0 aromatic carbocycles. The summed E-state index contributed by atoms with van der Waals surface area (Å²) in [4.78, 5) is 17.1. The molecule has 0 bridgehead atoms. The van der Waals surface area contributed by atoms with E-state index < -0.39 is 14.1 Å². The first-order valence-corrected chi connectivity index (χ1v) is 6.25. The van der Waals surface area contributed by atoms with Gasteiger partial charge >= 0.3 is 7.82 Å². The first-order chi connectivity index (χ1) is 6.80. The summed E-state index contributed by atoms with van der Waals surface area (Å²) >= 11 is 0. The molecule has 0 fully saturated rings. The molecule has 0 radical (unpaired) electrons. The first kappa shape index (κ1) is 15.0. The smallest absolute Gasteiger partial charge is 0.379 e. The summed E-state index contributed by atoms with van der Waals surface area (Å²) < 4.78 is 25.2. The lowest BCUT2D eigenvalue weighted by molar-refractivity contribution is -0.152. The van der Waals surface area contributed by atoms with E-state index in [4.69, 9.17) is 19.3 Å². The van der Waals surface area contributed by atoms with Gasteiger partial charge < -0.3 is 19.3 Å². The summed E-state index contributed by atoms with van der Waals surface area (Å²) in [6.45, 7) is 5.15. The zero-order valence-electron chi connectivity index (χ0n) is 9.41. The molecule has 2 N–H and O–H groups in total. The number of phosphoric acid groups is 1. The Balaban J connectivity index is 4.13. The number of methoxy groups -OCH3 is 1. The van der Waals surface area contributed by atoms with Gasteiger partial charge in [0, 0.05) is 7.11 Å². The zero-order valence-corrected chi connectivity index (χ0v) is 10.3. The predicted molar refractivity (Wildman–Crippen MR) is 54.2 cm³/mol. The molecule has 0 aromatic rings. The van der Waals surface area contributed by atoms with Crippen molar-refractivity contribution in [2.45, 2.75) is 45.7 Å². The minimum atomic E-state index is -4.49. The van der Waals surface area contributed by atoms with Gasteiger partial charge in [0.15, 0.2) is 6.29 Å². The molecule has 6 nitrogen and oxygen atoms in total. The topological polar surface area (TPSA) is 85.2 Å². The third-order valence-electron chi connectivity index (χ3n) is 1.95. The fourth-order valence-electron chi connectivity index (χ4n) is 1.15.